The molecule has 4 nitrogen and oxygen atoms in total. The van der Waals surface area contributed by atoms with Gasteiger partial charge in [-0.05, 0) is 24.6 Å². The summed E-state index contributed by atoms with van der Waals surface area (Å²) in [6.07, 6.45) is 0. The van der Waals surface area contributed by atoms with Crippen molar-refractivity contribution < 1.29 is 14.1 Å². The third kappa shape index (κ3) is 3.05. The van der Waals surface area contributed by atoms with Gasteiger partial charge in [0.1, 0.15) is 17.3 Å². The molecule has 6 heteroatoms. The van der Waals surface area contributed by atoms with E-state index in [1.165, 1.54) is 24.3 Å². The Morgan fingerprint density at radius 3 is 2.65 bits per heavy atom. The molecule has 0 radical (unpaired) electrons. The average Bonchev–Trinajstić information content (AvgIpc) is 2.43. The van der Waals surface area contributed by atoms with Crippen molar-refractivity contribution in [3.63, 3.8) is 0 Å². The zero-order valence-electron chi connectivity index (χ0n) is 10.6. The average molecular weight is 296 g/mol. The van der Waals surface area contributed by atoms with E-state index < -0.39 is 4.92 Å². The summed E-state index contributed by atoms with van der Waals surface area (Å²) in [5.41, 5.74) is 0.920. The van der Waals surface area contributed by atoms with E-state index in [4.69, 9.17) is 16.3 Å². The molecule has 2 aromatic carbocycles. The van der Waals surface area contributed by atoms with E-state index in [9.17, 15) is 14.5 Å². The lowest BCUT2D eigenvalue weighted by molar-refractivity contribution is -0.384. The molecule has 0 aromatic heterocycles. The highest BCUT2D eigenvalue weighted by Crippen LogP contribution is 2.30. The van der Waals surface area contributed by atoms with Gasteiger partial charge in [0, 0.05) is 23.8 Å². The van der Waals surface area contributed by atoms with Crippen molar-refractivity contribution in [2.75, 3.05) is 0 Å². The van der Waals surface area contributed by atoms with E-state index in [1.807, 2.05) is 0 Å². The van der Waals surface area contributed by atoms with Gasteiger partial charge in [0.15, 0.2) is 0 Å². The summed E-state index contributed by atoms with van der Waals surface area (Å²) in [6, 6.07) is 8.58. The number of ether oxygens (including phenoxy) is 1. The lowest BCUT2D eigenvalue weighted by Crippen LogP contribution is -1.94. The van der Waals surface area contributed by atoms with Gasteiger partial charge in [-0.1, -0.05) is 6.07 Å². The van der Waals surface area contributed by atoms with Crippen LogP contribution < -0.4 is 4.74 Å². The predicted octanol–water partition coefficient (Wildman–Crippen LogP) is 4.57. The Morgan fingerprint density at radius 2 is 2.05 bits per heavy atom. The molecule has 104 valence electrons. The molecule has 0 aliphatic carbocycles. The maximum Gasteiger partial charge on any atom is 0.270 e. The lowest BCUT2D eigenvalue weighted by atomic mass is 10.2. The largest absolute Gasteiger partial charge is 0.457 e. The summed E-state index contributed by atoms with van der Waals surface area (Å²) in [4.78, 5) is 10.2. The topological polar surface area (TPSA) is 52.4 Å². The number of nitrogens with zero attached hydrogens (tertiary/aromatic N) is 1. The minimum Gasteiger partial charge on any atom is -0.457 e. The second-order valence-corrected chi connectivity index (χ2v) is 4.46. The SMILES string of the molecule is Cc1ccc(Oc2ccc([N+](=O)[O-])cc2CCl)cc1F. The molecule has 0 saturated heterocycles. The molecule has 0 spiro atoms. The van der Waals surface area contributed by atoms with Crippen LogP contribution in [0.25, 0.3) is 0 Å². The summed E-state index contributed by atoms with van der Waals surface area (Å²) in [7, 11) is 0. The molecule has 0 N–H and O–H groups in total. The molecular formula is C14H11ClFNO3. The van der Waals surface area contributed by atoms with Gasteiger partial charge in [0.2, 0.25) is 0 Å². The van der Waals surface area contributed by atoms with Crippen molar-refractivity contribution in [2.24, 2.45) is 0 Å². The second kappa shape index (κ2) is 5.88. The van der Waals surface area contributed by atoms with Crippen LogP contribution in [0, 0.1) is 22.9 Å². The zero-order valence-corrected chi connectivity index (χ0v) is 11.4. The first kappa shape index (κ1) is 14.3. The van der Waals surface area contributed by atoms with Gasteiger partial charge in [-0.25, -0.2) is 4.39 Å². The number of aryl methyl sites for hydroxylation is 1. The van der Waals surface area contributed by atoms with E-state index in [-0.39, 0.29) is 17.4 Å². The van der Waals surface area contributed by atoms with Crippen molar-refractivity contribution in [3.05, 3.63) is 63.5 Å². The quantitative estimate of drug-likeness (QED) is 0.471. The Labute approximate surface area is 119 Å². The first-order valence-corrected chi connectivity index (χ1v) is 6.32. The molecule has 0 amide bonds. The van der Waals surface area contributed by atoms with E-state index in [2.05, 4.69) is 0 Å². The summed E-state index contributed by atoms with van der Waals surface area (Å²) in [6.45, 7) is 1.65. The molecule has 0 fully saturated rings. The van der Waals surface area contributed by atoms with Crippen molar-refractivity contribution in [1.29, 1.82) is 0 Å². The minimum atomic E-state index is -0.509. The maximum absolute atomic E-state index is 13.4. The summed E-state index contributed by atoms with van der Waals surface area (Å²) in [5.74, 6) is 0.366. The highest BCUT2D eigenvalue weighted by Gasteiger charge is 2.12. The van der Waals surface area contributed by atoms with Gasteiger partial charge in [0.25, 0.3) is 5.69 Å². The van der Waals surface area contributed by atoms with Crippen molar-refractivity contribution >= 4 is 17.3 Å². The Bertz CT molecular complexity index is 661. The van der Waals surface area contributed by atoms with E-state index in [0.717, 1.165) is 0 Å². The van der Waals surface area contributed by atoms with Gasteiger partial charge < -0.3 is 4.74 Å². The maximum atomic E-state index is 13.4. The molecule has 0 aliphatic heterocycles. The van der Waals surface area contributed by atoms with Crippen LogP contribution in [0.4, 0.5) is 10.1 Å². The predicted molar refractivity (Wildman–Crippen MR) is 73.9 cm³/mol. The molecule has 0 heterocycles. The fraction of sp³-hybridized carbons (Fsp3) is 0.143. The first-order valence-electron chi connectivity index (χ1n) is 5.78. The summed E-state index contributed by atoms with van der Waals surface area (Å²) >= 11 is 5.75. The Morgan fingerprint density at radius 1 is 1.30 bits per heavy atom. The molecule has 0 bridgehead atoms. The minimum absolute atomic E-state index is 0.0609. The fourth-order valence-corrected chi connectivity index (χ4v) is 1.86. The number of nitro benzene ring substituents is 1. The molecule has 0 unspecified atom stereocenters. The normalized spacial score (nSPS) is 10.3. The number of alkyl halides is 1. The molecule has 2 rings (SSSR count). The molecule has 0 aliphatic rings. The van der Waals surface area contributed by atoms with Crippen molar-refractivity contribution in [3.8, 4) is 11.5 Å². The molecule has 20 heavy (non-hydrogen) atoms. The monoisotopic (exact) mass is 295 g/mol. The number of hydrogen-bond donors (Lipinski definition) is 0. The van der Waals surface area contributed by atoms with Crippen LogP contribution in [0.2, 0.25) is 0 Å². The van der Waals surface area contributed by atoms with Gasteiger partial charge in [0.05, 0.1) is 10.8 Å². The molecule has 0 saturated carbocycles. The third-order valence-electron chi connectivity index (χ3n) is 2.77. The van der Waals surface area contributed by atoms with Crippen molar-refractivity contribution in [1.82, 2.24) is 0 Å². The highest BCUT2D eigenvalue weighted by molar-refractivity contribution is 6.17. The lowest BCUT2D eigenvalue weighted by Gasteiger charge is -2.10. The molecule has 2 aromatic rings. The van der Waals surface area contributed by atoms with Crippen LogP contribution in [-0.2, 0) is 5.88 Å². The van der Waals surface area contributed by atoms with E-state index in [0.29, 0.717) is 22.6 Å². The Balaban J connectivity index is 2.32. The molecular weight excluding hydrogens is 285 g/mol. The number of halogens is 2. The number of nitro groups is 1. The summed E-state index contributed by atoms with van der Waals surface area (Å²) in [5, 5.41) is 10.7. The summed E-state index contributed by atoms with van der Waals surface area (Å²) < 4.78 is 19.0. The fourth-order valence-electron chi connectivity index (χ4n) is 1.65. The van der Waals surface area contributed by atoms with Gasteiger partial charge in [-0.2, -0.15) is 0 Å². The van der Waals surface area contributed by atoms with E-state index >= 15 is 0 Å². The zero-order chi connectivity index (χ0) is 14.7. The highest BCUT2D eigenvalue weighted by atomic mass is 35.5. The number of hydrogen-bond acceptors (Lipinski definition) is 3. The van der Waals surface area contributed by atoms with Gasteiger partial charge in [-0.15, -0.1) is 11.6 Å². The van der Waals surface area contributed by atoms with Crippen LogP contribution >= 0.6 is 11.6 Å². The van der Waals surface area contributed by atoms with E-state index in [1.54, 1.807) is 19.1 Å². The van der Waals surface area contributed by atoms with Crippen LogP contribution in [0.15, 0.2) is 36.4 Å². The molecule has 0 atom stereocenters. The third-order valence-corrected chi connectivity index (χ3v) is 3.06. The first-order chi connectivity index (χ1) is 9.51. The van der Waals surface area contributed by atoms with Crippen molar-refractivity contribution in [2.45, 2.75) is 12.8 Å². The van der Waals surface area contributed by atoms with Gasteiger partial charge >= 0.3 is 0 Å². The number of benzene rings is 2. The number of rotatable bonds is 4. The number of non-ortho nitro benzene ring substituents is 1. The van der Waals surface area contributed by atoms with Crippen LogP contribution in [0.1, 0.15) is 11.1 Å². The van der Waals surface area contributed by atoms with Crippen LogP contribution in [0.5, 0.6) is 11.5 Å². The van der Waals surface area contributed by atoms with Crippen LogP contribution in [-0.4, -0.2) is 4.92 Å². The van der Waals surface area contributed by atoms with Gasteiger partial charge in [-0.3, -0.25) is 10.1 Å². The smallest absolute Gasteiger partial charge is 0.270 e. The standard InChI is InChI=1S/C14H11ClFNO3/c1-9-2-4-12(7-13(9)16)20-14-5-3-11(17(18)19)6-10(14)8-15/h2-7H,8H2,1H3. The Hall–Kier alpha value is -2.14. The Kier molecular flexibility index (Phi) is 4.20. The van der Waals surface area contributed by atoms with Crippen LogP contribution in [0.3, 0.4) is 0 Å². The second-order valence-electron chi connectivity index (χ2n) is 4.20.